The van der Waals surface area contributed by atoms with Crippen LogP contribution in [0.2, 0.25) is 0 Å². The molecule has 1 fully saturated rings. The molecule has 0 spiro atoms. The molecule has 1 saturated carbocycles. The summed E-state index contributed by atoms with van der Waals surface area (Å²) in [5, 5.41) is 21.9. The van der Waals surface area contributed by atoms with Crippen molar-refractivity contribution in [3.8, 4) is 0 Å². The Morgan fingerprint density at radius 3 is 2.71 bits per heavy atom. The first-order valence-corrected chi connectivity index (χ1v) is 8.47. The molecule has 0 amide bonds. The van der Waals surface area contributed by atoms with Crippen molar-refractivity contribution in [1.82, 2.24) is 20.1 Å². The van der Waals surface area contributed by atoms with Crippen molar-refractivity contribution in [3.63, 3.8) is 0 Å². The summed E-state index contributed by atoms with van der Waals surface area (Å²) in [5.41, 5.74) is -0.766. The summed E-state index contributed by atoms with van der Waals surface area (Å²) >= 11 is 1.63. The molecule has 1 aromatic heterocycles. The van der Waals surface area contributed by atoms with Gasteiger partial charge in [-0.3, -0.25) is 10.1 Å². The molecule has 1 atom stereocenters. The fourth-order valence-corrected chi connectivity index (χ4v) is 3.24. The van der Waals surface area contributed by atoms with Gasteiger partial charge in [0.2, 0.25) is 0 Å². The van der Waals surface area contributed by atoms with Crippen LogP contribution in [0.5, 0.6) is 0 Å². The average molecular weight is 312 g/mol. The third-order valence-electron chi connectivity index (χ3n) is 4.10. The summed E-state index contributed by atoms with van der Waals surface area (Å²) < 4.78 is 1.96. The molecule has 1 heterocycles. The second-order valence-corrected chi connectivity index (χ2v) is 6.76. The maximum absolute atomic E-state index is 11.6. The van der Waals surface area contributed by atoms with Crippen LogP contribution >= 0.6 is 11.8 Å². The number of carbonyl (C=O) groups is 1. The van der Waals surface area contributed by atoms with Crippen LogP contribution in [-0.2, 0) is 11.8 Å². The summed E-state index contributed by atoms with van der Waals surface area (Å²) in [6.07, 6.45) is 4.31. The van der Waals surface area contributed by atoms with E-state index in [1.165, 1.54) is 0 Å². The summed E-state index contributed by atoms with van der Waals surface area (Å²) in [6.45, 7) is 3.87. The van der Waals surface area contributed by atoms with E-state index in [0.717, 1.165) is 36.0 Å². The summed E-state index contributed by atoms with van der Waals surface area (Å²) in [6, 6.07) is 0.398. The van der Waals surface area contributed by atoms with E-state index in [4.69, 9.17) is 0 Å². The van der Waals surface area contributed by atoms with Gasteiger partial charge in [0.15, 0.2) is 5.16 Å². The van der Waals surface area contributed by atoms with Crippen molar-refractivity contribution in [2.75, 3.05) is 5.75 Å². The molecule has 0 radical (unpaired) electrons. The van der Waals surface area contributed by atoms with Gasteiger partial charge in [-0.15, -0.1) is 10.2 Å². The summed E-state index contributed by atoms with van der Waals surface area (Å²) in [4.78, 5) is 11.6. The van der Waals surface area contributed by atoms with Gasteiger partial charge in [-0.05, 0) is 39.0 Å². The van der Waals surface area contributed by atoms with E-state index in [1.54, 1.807) is 11.8 Å². The van der Waals surface area contributed by atoms with Crippen molar-refractivity contribution >= 4 is 17.7 Å². The second kappa shape index (κ2) is 6.79. The van der Waals surface area contributed by atoms with Crippen LogP contribution in [-0.4, -0.2) is 43.2 Å². The van der Waals surface area contributed by atoms with Gasteiger partial charge in [0.1, 0.15) is 11.4 Å². The van der Waals surface area contributed by atoms with Crippen LogP contribution < -0.4 is 5.32 Å². The molecule has 0 aromatic carbocycles. The monoisotopic (exact) mass is 312 g/mol. The topological polar surface area (TPSA) is 80.0 Å². The average Bonchev–Trinajstić information content (AvgIpc) is 3.22. The smallest absolute Gasteiger partial charge is 0.323 e. The molecule has 0 bridgehead atoms. The number of carboxylic acid groups (broad SMARTS) is 1. The number of nitrogens with one attached hydrogen (secondary N) is 1. The maximum Gasteiger partial charge on any atom is 0.323 e. The van der Waals surface area contributed by atoms with Crippen LogP contribution in [0, 0.1) is 6.92 Å². The molecule has 118 valence electrons. The first-order valence-electron chi connectivity index (χ1n) is 7.48. The van der Waals surface area contributed by atoms with Crippen LogP contribution in [0.1, 0.15) is 44.9 Å². The number of hydrogen-bond donors (Lipinski definition) is 2. The van der Waals surface area contributed by atoms with Gasteiger partial charge in [0.05, 0.1) is 0 Å². The summed E-state index contributed by atoms with van der Waals surface area (Å²) in [7, 11) is 1.94. The van der Waals surface area contributed by atoms with E-state index < -0.39 is 11.5 Å². The molecule has 1 aromatic rings. The van der Waals surface area contributed by atoms with E-state index >= 15 is 0 Å². The second-order valence-electron chi connectivity index (χ2n) is 5.70. The standard InChI is InChI=1S/C14H24N4O2S/c1-4-14(12(19)20,15-11-6-7-11)8-5-9-21-13-17-16-10(2)18(13)3/h11,15H,4-9H2,1-3H3,(H,19,20). The zero-order valence-corrected chi connectivity index (χ0v) is 13.7. The Balaban J connectivity index is 1.84. The number of rotatable bonds is 9. The predicted octanol–water partition coefficient (Wildman–Crippen LogP) is 1.98. The van der Waals surface area contributed by atoms with Gasteiger partial charge in [-0.25, -0.2) is 0 Å². The molecule has 7 heteroatoms. The van der Waals surface area contributed by atoms with Gasteiger partial charge < -0.3 is 9.67 Å². The van der Waals surface area contributed by atoms with Gasteiger partial charge in [-0.1, -0.05) is 18.7 Å². The number of carboxylic acids is 1. The molecule has 2 N–H and O–H groups in total. The molecule has 0 aliphatic heterocycles. The minimum absolute atomic E-state index is 0.398. The normalized spacial score (nSPS) is 17.7. The third kappa shape index (κ3) is 3.97. The molecule has 2 rings (SSSR count). The van der Waals surface area contributed by atoms with Gasteiger partial charge in [0.25, 0.3) is 0 Å². The Labute approximate surface area is 129 Å². The number of nitrogens with zero attached hydrogens (tertiary/aromatic N) is 3. The lowest BCUT2D eigenvalue weighted by Gasteiger charge is -2.29. The maximum atomic E-state index is 11.6. The SMILES string of the molecule is CCC(CCCSc1nnc(C)n1C)(NC1CC1)C(=O)O. The van der Waals surface area contributed by atoms with Gasteiger partial charge >= 0.3 is 5.97 Å². The Bertz CT molecular complexity index is 501. The van der Waals surface area contributed by atoms with Crippen molar-refractivity contribution in [2.45, 2.75) is 62.7 Å². The highest BCUT2D eigenvalue weighted by Crippen LogP contribution is 2.28. The van der Waals surface area contributed by atoms with Crippen molar-refractivity contribution < 1.29 is 9.90 Å². The number of aromatic nitrogens is 3. The first kappa shape index (κ1) is 16.3. The first-order chi connectivity index (χ1) is 9.98. The summed E-state index contributed by atoms with van der Waals surface area (Å²) in [5.74, 6) is 1.02. The lowest BCUT2D eigenvalue weighted by molar-refractivity contribution is -0.145. The van der Waals surface area contributed by atoms with Crippen molar-refractivity contribution in [1.29, 1.82) is 0 Å². The number of aryl methyl sites for hydroxylation is 1. The van der Waals surface area contributed by atoms with E-state index in [-0.39, 0.29) is 0 Å². The molecule has 1 unspecified atom stereocenters. The minimum Gasteiger partial charge on any atom is -0.480 e. The highest BCUT2D eigenvalue weighted by Gasteiger charge is 2.40. The molecular weight excluding hydrogens is 288 g/mol. The van der Waals surface area contributed by atoms with Crippen LogP contribution in [0.4, 0.5) is 0 Å². The van der Waals surface area contributed by atoms with E-state index in [1.807, 2.05) is 25.5 Å². The van der Waals surface area contributed by atoms with Crippen molar-refractivity contribution in [3.05, 3.63) is 5.82 Å². The quantitative estimate of drug-likeness (QED) is 0.536. The Kier molecular flexibility index (Phi) is 5.27. The zero-order valence-electron chi connectivity index (χ0n) is 12.9. The minimum atomic E-state index is -0.766. The van der Waals surface area contributed by atoms with Crippen LogP contribution in [0.25, 0.3) is 0 Å². The Morgan fingerprint density at radius 1 is 1.52 bits per heavy atom. The fourth-order valence-electron chi connectivity index (χ4n) is 2.34. The van der Waals surface area contributed by atoms with Gasteiger partial charge in [0, 0.05) is 18.8 Å². The van der Waals surface area contributed by atoms with Crippen LogP contribution in [0.3, 0.4) is 0 Å². The molecule has 21 heavy (non-hydrogen) atoms. The molecule has 1 aliphatic carbocycles. The van der Waals surface area contributed by atoms with E-state index in [9.17, 15) is 9.90 Å². The predicted molar refractivity (Wildman–Crippen MR) is 82.5 cm³/mol. The Morgan fingerprint density at radius 2 is 2.24 bits per heavy atom. The van der Waals surface area contributed by atoms with E-state index in [0.29, 0.717) is 18.9 Å². The lowest BCUT2D eigenvalue weighted by Crippen LogP contribution is -2.52. The third-order valence-corrected chi connectivity index (χ3v) is 5.21. The van der Waals surface area contributed by atoms with E-state index in [2.05, 4.69) is 15.5 Å². The van der Waals surface area contributed by atoms with Crippen LogP contribution in [0.15, 0.2) is 5.16 Å². The molecule has 0 saturated heterocycles. The number of thioether (sulfide) groups is 1. The zero-order chi connectivity index (χ0) is 15.5. The molecular formula is C14H24N4O2S. The highest BCUT2D eigenvalue weighted by atomic mass is 32.2. The van der Waals surface area contributed by atoms with Gasteiger partial charge in [-0.2, -0.15) is 0 Å². The lowest BCUT2D eigenvalue weighted by atomic mass is 9.90. The largest absolute Gasteiger partial charge is 0.480 e. The highest BCUT2D eigenvalue weighted by molar-refractivity contribution is 7.99. The Hall–Kier alpha value is -1.08. The molecule has 6 nitrogen and oxygen atoms in total. The van der Waals surface area contributed by atoms with Crippen molar-refractivity contribution in [2.24, 2.45) is 7.05 Å². The number of aliphatic carboxylic acids is 1. The molecule has 1 aliphatic rings. The number of hydrogen-bond acceptors (Lipinski definition) is 5. The fraction of sp³-hybridized carbons (Fsp3) is 0.786.